The second-order valence-corrected chi connectivity index (χ2v) is 4.01. The number of hydroxylamine groups is 1. The minimum Gasteiger partial charge on any atom is -0.496 e. The van der Waals surface area contributed by atoms with Crippen molar-refractivity contribution in [3.05, 3.63) is 23.3 Å². The van der Waals surface area contributed by atoms with E-state index in [4.69, 9.17) is 9.57 Å². The van der Waals surface area contributed by atoms with E-state index in [1.807, 2.05) is 0 Å². The van der Waals surface area contributed by atoms with Gasteiger partial charge in [0.05, 0.1) is 14.2 Å². The van der Waals surface area contributed by atoms with E-state index in [2.05, 4.69) is 30.8 Å². The molecule has 0 aliphatic heterocycles. The number of ether oxygens (including phenoxy) is 1. The molecule has 0 bridgehead atoms. The van der Waals surface area contributed by atoms with Crippen LogP contribution in [0.15, 0.2) is 17.0 Å². The Morgan fingerprint density at radius 2 is 2.07 bits per heavy atom. The summed E-state index contributed by atoms with van der Waals surface area (Å²) in [7, 11) is 3.29. The van der Waals surface area contributed by atoms with E-state index in [0.717, 1.165) is 11.3 Å². The molecular weight excluding hydrogens is 210 g/mol. The molecule has 0 saturated heterocycles. The van der Waals surface area contributed by atoms with Gasteiger partial charge in [-0.15, -0.1) is 11.8 Å². The van der Waals surface area contributed by atoms with Crippen molar-refractivity contribution >= 4 is 11.8 Å². The van der Waals surface area contributed by atoms with Crippen molar-refractivity contribution in [1.29, 1.82) is 0 Å². The summed E-state index contributed by atoms with van der Waals surface area (Å²) in [6, 6.07) is 4.18. The van der Waals surface area contributed by atoms with Crippen molar-refractivity contribution in [2.75, 3.05) is 20.5 Å². The van der Waals surface area contributed by atoms with Crippen molar-refractivity contribution in [2.45, 2.75) is 18.4 Å². The number of methoxy groups -OCH3 is 1. The third-order valence-corrected chi connectivity index (χ3v) is 3.08. The lowest BCUT2D eigenvalue weighted by Crippen LogP contribution is -2.11. The molecule has 0 fully saturated rings. The van der Waals surface area contributed by atoms with Gasteiger partial charge in [0, 0.05) is 17.0 Å². The number of hydrogen-bond acceptors (Lipinski definition) is 4. The van der Waals surface area contributed by atoms with Gasteiger partial charge in [0.15, 0.2) is 0 Å². The van der Waals surface area contributed by atoms with E-state index in [1.54, 1.807) is 26.0 Å². The van der Waals surface area contributed by atoms with Crippen molar-refractivity contribution < 1.29 is 9.57 Å². The summed E-state index contributed by atoms with van der Waals surface area (Å²) in [5, 5.41) is 0. The lowest BCUT2D eigenvalue weighted by atomic mass is 10.1. The number of nitrogens with one attached hydrogen (secondary N) is 1. The van der Waals surface area contributed by atoms with E-state index < -0.39 is 0 Å². The summed E-state index contributed by atoms with van der Waals surface area (Å²) in [6.45, 7) is 2.73. The smallest absolute Gasteiger partial charge is 0.123 e. The highest BCUT2D eigenvalue weighted by Gasteiger charge is 2.07. The van der Waals surface area contributed by atoms with Crippen LogP contribution in [-0.2, 0) is 11.4 Å². The number of benzene rings is 1. The average Bonchev–Trinajstić information content (AvgIpc) is 2.26. The fourth-order valence-electron chi connectivity index (χ4n) is 1.40. The molecule has 0 radical (unpaired) electrons. The van der Waals surface area contributed by atoms with Crippen LogP contribution in [0.5, 0.6) is 5.75 Å². The van der Waals surface area contributed by atoms with Gasteiger partial charge in [-0.1, -0.05) is 0 Å². The molecule has 0 atom stereocenters. The maximum Gasteiger partial charge on any atom is 0.123 e. The van der Waals surface area contributed by atoms with Gasteiger partial charge in [0.2, 0.25) is 0 Å². The second kappa shape index (κ2) is 6.00. The van der Waals surface area contributed by atoms with Crippen molar-refractivity contribution in [1.82, 2.24) is 5.48 Å². The van der Waals surface area contributed by atoms with Gasteiger partial charge in [-0.25, -0.2) is 0 Å². The zero-order chi connectivity index (χ0) is 11.3. The lowest BCUT2D eigenvalue weighted by Gasteiger charge is -2.12. The van der Waals surface area contributed by atoms with Crippen LogP contribution in [0.3, 0.4) is 0 Å². The quantitative estimate of drug-likeness (QED) is 0.618. The first-order chi connectivity index (χ1) is 7.22. The number of rotatable bonds is 5. The molecule has 1 aromatic carbocycles. The fourth-order valence-corrected chi connectivity index (χ4v) is 2.04. The maximum atomic E-state index is 5.32. The molecule has 1 N–H and O–H groups in total. The lowest BCUT2D eigenvalue weighted by molar-refractivity contribution is 0.0861. The molecule has 0 heterocycles. The predicted molar refractivity (Wildman–Crippen MR) is 63.4 cm³/mol. The molecule has 0 aliphatic rings. The largest absolute Gasteiger partial charge is 0.496 e. The highest BCUT2D eigenvalue weighted by atomic mass is 32.2. The minimum atomic E-state index is 0.646. The van der Waals surface area contributed by atoms with Crippen LogP contribution >= 0.6 is 11.8 Å². The molecule has 15 heavy (non-hydrogen) atoms. The topological polar surface area (TPSA) is 30.5 Å². The van der Waals surface area contributed by atoms with Crippen LogP contribution in [0.1, 0.15) is 11.1 Å². The summed E-state index contributed by atoms with van der Waals surface area (Å²) < 4.78 is 5.32. The van der Waals surface area contributed by atoms with Crippen LogP contribution in [-0.4, -0.2) is 20.5 Å². The molecule has 1 aromatic rings. The summed E-state index contributed by atoms with van der Waals surface area (Å²) in [6.07, 6.45) is 2.07. The van der Waals surface area contributed by atoms with Crippen molar-refractivity contribution in [2.24, 2.45) is 0 Å². The minimum absolute atomic E-state index is 0.646. The Labute approximate surface area is 95.1 Å². The number of thioether (sulfide) groups is 1. The summed E-state index contributed by atoms with van der Waals surface area (Å²) in [5.74, 6) is 0.898. The Kier molecular flexibility index (Phi) is 4.94. The first-order valence-electron chi connectivity index (χ1n) is 4.70. The molecule has 0 spiro atoms. The van der Waals surface area contributed by atoms with Gasteiger partial charge in [-0.2, -0.15) is 5.48 Å². The first-order valence-corrected chi connectivity index (χ1v) is 5.92. The summed E-state index contributed by atoms with van der Waals surface area (Å²) in [5.41, 5.74) is 5.16. The van der Waals surface area contributed by atoms with Crippen LogP contribution < -0.4 is 10.2 Å². The first kappa shape index (κ1) is 12.4. The van der Waals surface area contributed by atoms with E-state index >= 15 is 0 Å². The SMILES string of the molecule is CONCc1cc(SC)c(C)cc1OC. The highest BCUT2D eigenvalue weighted by molar-refractivity contribution is 7.98. The van der Waals surface area contributed by atoms with Gasteiger partial charge in [-0.05, 0) is 30.9 Å². The normalized spacial score (nSPS) is 10.4. The van der Waals surface area contributed by atoms with Gasteiger partial charge in [0.1, 0.15) is 5.75 Å². The monoisotopic (exact) mass is 227 g/mol. The molecule has 3 nitrogen and oxygen atoms in total. The van der Waals surface area contributed by atoms with Crippen LogP contribution in [0, 0.1) is 6.92 Å². The molecule has 0 unspecified atom stereocenters. The fraction of sp³-hybridized carbons (Fsp3) is 0.455. The average molecular weight is 227 g/mol. The van der Waals surface area contributed by atoms with Crippen molar-refractivity contribution in [3.63, 3.8) is 0 Å². The summed E-state index contributed by atoms with van der Waals surface area (Å²) in [4.78, 5) is 6.10. The third kappa shape index (κ3) is 3.12. The molecular formula is C11H17NO2S. The van der Waals surface area contributed by atoms with Gasteiger partial charge in [0.25, 0.3) is 0 Å². The van der Waals surface area contributed by atoms with Crippen LogP contribution in [0.2, 0.25) is 0 Å². The third-order valence-electron chi connectivity index (χ3n) is 2.20. The standard InChI is InChI=1S/C11H17NO2S/c1-8-5-10(13-2)9(7-12-14-3)6-11(8)15-4/h5-6,12H,7H2,1-4H3. The molecule has 0 saturated carbocycles. The predicted octanol–water partition coefficient (Wildman–Crippen LogP) is 2.38. The van der Waals surface area contributed by atoms with Crippen LogP contribution in [0.25, 0.3) is 0 Å². The van der Waals surface area contributed by atoms with E-state index in [-0.39, 0.29) is 0 Å². The Bertz CT molecular complexity index is 329. The Morgan fingerprint density at radius 1 is 1.33 bits per heavy atom. The van der Waals surface area contributed by atoms with E-state index in [0.29, 0.717) is 6.54 Å². The zero-order valence-corrected chi connectivity index (χ0v) is 10.4. The highest BCUT2D eigenvalue weighted by Crippen LogP contribution is 2.28. The zero-order valence-electron chi connectivity index (χ0n) is 9.59. The Morgan fingerprint density at radius 3 is 2.60 bits per heavy atom. The van der Waals surface area contributed by atoms with Gasteiger partial charge < -0.3 is 9.57 Å². The Balaban J connectivity index is 2.99. The Hall–Kier alpha value is -0.710. The number of aryl methyl sites for hydroxylation is 1. The molecule has 0 amide bonds. The van der Waals surface area contributed by atoms with Gasteiger partial charge in [-0.3, -0.25) is 0 Å². The molecule has 0 aromatic heterocycles. The molecule has 84 valence electrons. The molecule has 4 heteroatoms. The maximum absolute atomic E-state index is 5.32. The number of hydrogen-bond donors (Lipinski definition) is 1. The molecule has 1 rings (SSSR count). The van der Waals surface area contributed by atoms with E-state index in [1.165, 1.54) is 10.5 Å². The van der Waals surface area contributed by atoms with E-state index in [9.17, 15) is 0 Å². The van der Waals surface area contributed by atoms with Gasteiger partial charge >= 0.3 is 0 Å². The summed E-state index contributed by atoms with van der Waals surface area (Å²) >= 11 is 1.74. The van der Waals surface area contributed by atoms with Crippen molar-refractivity contribution in [3.8, 4) is 5.75 Å². The molecule has 0 aliphatic carbocycles. The van der Waals surface area contributed by atoms with Crippen LogP contribution in [0.4, 0.5) is 0 Å². The second-order valence-electron chi connectivity index (χ2n) is 3.16.